The zero-order chi connectivity index (χ0) is 11.6. The summed E-state index contributed by atoms with van der Waals surface area (Å²) < 4.78 is 0. The van der Waals surface area contributed by atoms with Crippen LogP contribution in [-0.2, 0) is 4.79 Å². The van der Waals surface area contributed by atoms with E-state index in [0.717, 1.165) is 25.7 Å². The summed E-state index contributed by atoms with van der Waals surface area (Å²) in [4.78, 5) is 12.1. The fraction of sp³-hybridized carbons (Fsp3) is 0.846. The van der Waals surface area contributed by atoms with Crippen LogP contribution in [0.2, 0.25) is 0 Å². The summed E-state index contributed by atoms with van der Waals surface area (Å²) in [6, 6.07) is 2.51. The molecule has 2 aliphatic carbocycles. The summed E-state index contributed by atoms with van der Waals surface area (Å²) in [5.74, 6) is 0.550. The van der Waals surface area contributed by atoms with Gasteiger partial charge in [-0.25, -0.2) is 0 Å². The lowest BCUT2D eigenvalue weighted by atomic mass is 9.69. The van der Waals surface area contributed by atoms with E-state index in [2.05, 4.69) is 18.3 Å². The van der Waals surface area contributed by atoms with Gasteiger partial charge in [-0.1, -0.05) is 19.8 Å². The van der Waals surface area contributed by atoms with Crippen LogP contribution in [0.1, 0.15) is 51.9 Å². The van der Waals surface area contributed by atoms with Gasteiger partial charge in [-0.15, -0.1) is 0 Å². The molecule has 0 aromatic rings. The van der Waals surface area contributed by atoms with Gasteiger partial charge in [0.25, 0.3) is 0 Å². The monoisotopic (exact) mass is 220 g/mol. The number of nitrogens with zero attached hydrogens (tertiary/aromatic N) is 1. The summed E-state index contributed by atoms with van der Waals surface area (Å²) in [5, 5.41) is 12.2. The number of carbonyl (C=O) groups is 1. The Bertz CT molecular complexity index is 314. The van der Waals surface area contributed by atoms with E-state index in [1.807, 2.05) is 0 Å². The fourth-order valence-corrected chi connectivity index (χ4v) is 2.76. The highest BCUT2D eigenvalue weighted by Crippen LogP contribution is 2.40. The van der Waals surface area contributed by atoms with Crippen molar-refractivity contribution in [1.82, 2.24) is 5.32 Å². The molecule has 2 fully saturated rings. The van der Waals surface area contributed by atoms with Gasteiger partial charge < -0.3 is 5.32 Å². The molecule has 2 atom stereocenters. The Kier molecular flexibility index (Phi) is 3.18. The first-order valence-electron chi connectivity index (χ1n) is 6.40. The first kappa shape index (κ1) is 11.4. The van der Waals surface area contributed by atoms with E-state index in [1.165, 1.54) is 19.3 Å². The van der Waals surface area contributed by atoms with Crippen LogP contribution in [0.5, 0.6) is 0 Å². The maximum atomic E-state index is 12.1. The van der Waals surface area contributed by atoms with E-state index >= 15 is 0 Å². The van der Waals surface area contributed by atoms with Crippen molar-refractivity contribution in [1.29, 1.82) is 5.26 Å². The van der Waals surface area contributed by atoms with Crippen LogP contribution < -0.4 is 5.32 Å². The van der Waals surface area contributed by atoms with Crippen LogP contribution in [0.25, 0.3) is 0 Å². The lowest BCUT2D eigenvalue weighted by molar-refractivity contribution is -0.133. The lowest BCUT2D eigenvalue weighted by Crippen LogP contribution is -2.50. The average Bonchev–Trinajstić information content (AvgIpc) is 2.21. The Morgan fingerprint density at radius 1 is 1.31 bits per heavy atom. The second kappa shape index (κ2) is 4.45. The first-order valence-corrected chi connectivity index (χ1v) is 6.40. The standard InChI is InChI=1S/C13H20N2O/c1-10-5-2-3-6-11(10)15-12(16)13(9-14)7-4-8-13/h10-11H,2-8H2,1H3,(H,15,16). The fourth-order valence-electron chi connectivity index (χ4n) is 2.76. The van der Waals surface area contributed by atoms with Crippen LogP contribution in [0.3, 0.4) is 0 Å². The van der Waals surface area contributed by atoms with Crippen molar-refractivity contribution in [2.75, 3.05) is 0 Å². The van der Waals surface area contributed by atoms with Crippen molar-refractivity contribution in [3.8, 4) is 6.07 Å². The van der Waals surface area contributed by atoms with E-state index in [0.29, 0.717) is 12.0 Å². The van der Waals surface area contributed by atoms with Gasteiger partial charge in [-0.2, -0.15) is 5.26 Å². The number of rotatable bonds is 2. The smallest absolute Gasteiger partial charge is 0.240 e. The highest BCUT2D eigenvalue weighted by molar-refractivity contribution is 5.86. The molecule has 0 aliphatic heterocycles. The average molecular weight is 220 g/mol. The Balaban J connectivity index is 1.94. The van der Waals surface area contributed by atoms with Crippen LogP contribution in [0.15, 0.2) is 0 Å². The molecule has 2 saturated carbocycles. The minimum absolute atomic E-state index is 0.0139. The molecule has 0 aromatic heterocycles. The normalized spacial score (nSPS) is 32.2. The van der Waals surface area contributed by atoms with Crippen molar-refractivity contribution in [2.24, 2.45) is 11.3 Å². The Morgan fingerprint density at radius 3 is 2.50 bits per heavy atom. The predicted octanol–water partition coefficient (Wildman–Crippen LogP) is 2.38. The molecule has 88 valence electrons. The van der Waals surface area contributed by atoms with Crippen molar-refractivity contribution >= 4 is 5.91 Å². The van der Waals surface area contributed by atoms with Crippen molar-refractivity contribution in [3.63, 3.8) is 0 Å². The molecule has 0 saturated heterocycles. The molecule has 0 spiro atoms. The maximum Gasteiger partial charge on any atom is 0.240 e. The molecule has 1 N–H and O–H groups in total. The molecule has 2 rings (SSSR count). The quantitative estimate of drug-likeness (QED) is 0.776. The van der Waals surface area contributed by atoms with Gasteiger partial charge in [0.2, 0.25) is 5.91 Å². The summed E-state index contributed by atoms with van der Waals surface area (Å²) in [5.41, 5.74) is -0.683. The number of amides is 1. The number of hydrogen-bond donors (Lipinski definition) is 1. The second-order valence-electron chi connectivity index (χ2n) is 5.39. The Morgan fingerprint density at radius 2 is 2.00 bits per heavy atom. The summed E-state index contributed by atoms with van der Waals surface area (Å²) in [6.45, 7) is 2.20. The number of hydrogen-bond acceptors (Lipinski definition) is 2. The van der Waals surface area contributed by atoms with Gasteiger partial charge >= 0.3 is 0 Å². The number of nitriles is 1. The lowest BCUT2D eigenvalue weighted by Gasteiger charge is -2.37. The Hall–Kier alpha value is -1.04. The molecular formula is C13H20N2O. The van der Waals surface area contributed by atoms with Crippen molar-refractivity contribution in [2.45, 2.75) is 57.9 Å². The number of carbonyl (C=O) groups excluding carboxylic acids is 1. The van der Waals surface area contributed by atoms with Gasteiger partial charge in [0, 0.05) is 6.04 Å². The van der Waals surface area contributed by atoms with Gasteiger partial charge in [0.05, 0.1) is 6.07 Å². The SMILES string of the molecule is CC1CCCCC1NC(=O)C1(C#N)CCC1. The zero-order valence-electron chi connectivity index (χ0n) is 9.96. The first-order chi connectivity index (χ1) is 7.68. The van der Waals surface area contributed by atoms with E-state index in [9.17, 15) is 4.79 Å². The molecule has 2 aliphatic rings. The molecule has 0 aromatic carbocycles. The summed E-state index contributed by atoms with van der Waals surface area (Å²) >= 11 is 0. The molecule has 0 heterocycles. The van der Waals surface area contributed by atoms with E-state index in [1.54, 1.807) is 0 Å². The molecule has 3 nitrogen and oxygen atoms in total. The van der Waals surface area contributed by atoms with Crippen LogP contribution in [-0.4, -0.2) is 11.9 Å². The van der Waals surface area contributed by atoms with Gasteiger partial charge in [0.15, 0.2) is 0 Å². The topological polar surface area (TPSA) is 52.9 Å². The summed E-state index contributed by atoms with van der Waals surface area (Å²) in [6.07, 6.45) is 7.26. The maximum absolute atomic E-state index is 12.1. The number of nitrogens with one attached hydrogen (secondary N) is 1. The third kappa shape index (κ3) is 1.93. The van der Waals surface area contributed by atoms with Crippen molar-refractivity contribution < 1.29 is 4.79 Å². The van der Waals surface area contributed by atoms with Crippen LogP contribution in [0, 0.1) is 22.7 Å². The van der Waals surface area contributed by atoms with Crippen LogP contribution in [0.4, 0.5) is 0 Å². The van der Waals surface area contributed by atoms with Gasteiger partial charge in [-0.3, -0.25) is 4.79 Å². The van der Waals surface area contributed by atoms with E-state index in [-0.39, 0.29) is 5.91 Å². The van der Waals surface area contributed by atoms with E-state index < -0.39 is 5.41 Å². The largest absolute Gasteiger partial charge is 0.352 e. The molecule has 3 heteroatoms. The van der Waals surface area contributed by atoms with Crippen LogP contribution >= 0.6 is 0 Å². The molecule has 1 amide bonds. The third-order valence-electron chi connectivity index (χ3n) is 4.28. The zero-order valence-corrected chi connectivity index (χ0v) is 9.96. The highest BCUT2D eigenvalue weighted by atomic mass is 16.2. The second-order valence-corrected chi connectivity index (χ2v) is 5.39. The van der Waals surface area contributed by atoms with Crippen molar-refractivity contribution in [3.05, 3.63) is 0 Å². The molecule has 0 radical (unpaired) electrons. The molecular weight excluding hydrogens is 200 g/mol. The van der Waals surface area contributed by atoms with Gasteiger partial charge in [-0.05, 0) is 38.0 Å². The third-order valence-corrected chi connectivity index (χ3v) is 4.28. The Labute approximate surface area is 97.2 Å². The molecule has 2 unspecified atom stereocenters. The minimum Gasteiger partial charge on any atom is -0.352 e. The highest BCUT2D eigenvalue weighted by Gasteiger charge is 2.45. The predicted molar refractivity (Wildman–Crippen MR) is 61.5 cm³/mol. The van der Waals surface area contributed by atoms with Gasteiger partial charge in [0.1, 0.15) is 5.41 Å². The minimum atomic E-state index is -0.683. The molecule has 16 heavy (non-hydrogen) atoms. The summed E-state index contributed by atoms with van der Waals surface area (Å²) in [7, 11) is 0. The van der Waals surface area contributed by atoms with E-state index in [4.69, 9.17) is 5.26 Å². The molecule has 0 bridgehead atoms.